The van der Waals surface area contributed by atoms with Crippen molar-refractivity contribution < 1.29 is 4.79 Å². The molecule has 30 heavy (non-hydrogen) atoms. The predicted octanol–water partition coefficient (Wildman–Crippen LogP) is 3.70. The van der Waals surface area contributed by atoms with Gasteiger partial charge >= 0.3 is 0 Å². The molecule has 2 N–H and O–H groups in total. The molecule has 7 nitrogen and oxygen atoms in total. The number of imidazole rings is 1. The zero-order chi connectivity index (χ0) is 21.3. The molecule has 0 spiro atoms. The molecule has 1 aliphatic rings. The number of H-pyrrole nitrogens is 1. The first-order valence-corrected chi connectivity index (χ1v) is 10.7. The summed E-state index contributed by atoms with van der Waals surface area (Å²) in [5.41, 5.74) is 3.87. The summed E-state index contributed by atoms with van der Waals surface area (Å²) in [6.45, 7) is 9.78. The highest BCUT2D eigenvalue weighted by molar-refractivity contribution is 5.80. The first kappa shape index (κ1) is 20.3. The highest BCUT2D eigenvalue weighted by Gasteiger charge is 2.29. The van der Waals surface area contributed by atoms with Gasteiger partial charge in [0.05, 0.1) is 17.1 Å². The Hall–Kier alpha value is -2.96. The third kappa shape index (κ3) is 4.30. The van der Waals surface area contributed by atoms with Crippen molar-refractivity contribution in [2.24, 2.45) is 11.8 Å². The number of amides is 1. The monoisotopic (exact) mass is 406 g/mol. The number of benzene rings is 1. The van der Waals surface area contributed by atoms with Crippen LogP contribution in [0.1, 0.15) is 49.9 Å². The number of aryl methyl sites for hydroxylation is 2. The Labute approximate surface area is 177 Å². The molecule has 1 aliphatic heterocycles. The molecule has 0 bridgehead atoms. The lowest BCUT2D eigenvalue weighted by molar-refractivity contribution is -0.126. The third-order valence-electron chi connectivity index (χ3n) is 5.79. The Morgan fingerprint density at radius 3 is 2.40 bits per heavy atom. The van der Waals surface area contributed by atoms with Crippen LogP contribution in [0.2, 0.25) is 0 Å². The third-order valence-corrected chi connectivity index (χ3v) is 5.79. The fourth-order valence-corrected chi connectivity index (χ4v) is 4.13. The molecule has 0 radical (unpaired) electrons. The highest BCUT2D eigenvalue weighted by Crippen LogP contribution is 2.25. The number of aromatic nitrogens is 4. The maximum absolute atomic E-state index is 13.1. The van der Waals surface area contributed by atoms with Crippen molar-refractivity contribution in [3.05, 3.63) is 47.5 Å². The van der Waals surface area contributed by atoms with E-state index in [0.29, 0.717) is 0 Å². The van der Waals surface area contributed by atoms with Crippen molar-refractivity contribution >= 4 is 22.9 Å². The summed E-state index contributed by atoms with van der Waals surface area (Å²) >= 11 is 0. The molecule has 3 aromatic rings. The second-order valence-corrected chi connectivity index (χ2v) is 8.58. The number of hydrogen-bond donors (Lipinski definition) is 2. The van der Waals surface area contributed by atoms with E-state index in [1.165, 1.54) is 0 Å². The van der Waals surface area contributed by atoms with Gasteiger partial charge in [-0.15, -0.1) is 0 Å². The van der Waals surface area contributed by atoms with Crippen molar-refractivity contribution in [2.45, 2.75) is 46.6 Å². The second kappa shape index (κ2) is 8.42. The van der Waals surface area contributed by atoms with Gasteiger partial charge < -0.3 is 15.2 Å². The maximum atomic E-state index is 13.1. The zero-order valence-corrected chi connectivity index (χ0v) is 18.1. The minimum Gasteiger partial charge on any atom is -0.346 e. The molecular formula is C23H30N6O. The normalized spacial score (nSPS) is 16.2. The van der Waals surface area contributed by atoms with E-state index < -0.39 is 0 Å². The molecule has 1 fully saturated rings. The van der Waals surface area contributed by atoms with Crippen molar-refractivity contribution in [3.63, 3.8) is 0 Å². The number of nitrogens with zero attached hydrogens (tertiary/aromatic N) is 4. The van der Waals surface area contributed by atoms with Crippen LogP contribution < -0.4 is 10.2 Å². The van der Waals surface area contributed by atoms with Crippen LogP contribution in [0.5, 0.6) is 0 Å². The van der Waals surface area contributed by atoms with Gasteiger partial charge in [-0.25, -0.2) is 15.0 Å². The summed E-state index contributed by atoms with van der Waals surface area (Å²) in [7, 11) is 0. The van der Waals surface area contributed by atoms with E-state index >= 15 is 0 Å². The highest BCUT2D eigenvalue weighted by atomic mass is 16.2. The van der Waals surface area contributed by atoms with Gasteiger partial charge in [0, 0.05) is 30.4 Å². The molecular weight excluding hydrogens is 376 g/mol. The molecule has 3 heterocycles. The lowest BCUT2D eigenvalue weighted by atomic mass is 9.94. The molecule has 1 aromatic carbocycles. The summed E-state index contributed by atoms with van der Waals surface area (Å²) in [6.07, 6.45) is 1.60. The Kier molecular flexibility index (Phi) is 5.70. The molecule has 1 unspecified atom stereocenters. The van der Waals surface area contributed by atoms with Crippen LogP contribution in [0.3, 0.4) is 0 Å². The molecule has 1 saturated heterocycles. The number of anilines is 1. The zero-order valence-electron chi connectivity index (χ0n) is 18.1. The minimum absolute atomic E-state index is 0.00205. The quantitative estimate of drug-likeness (QED) is 0.675. The molecule has 2 aromatic heterocycles. The molecule has 4 rings (SSSR count). The van der Waals surface area contributed by atoms with Crippen LogP contribution in [0, 0.1) is 25.7 Å². The first-order valence-electron chi connectivity index (χ1n) is 10.7. The number of fused-ring (bicyclic) bond motifs is 1. The molecule has 0 aliphatic carbocycles. The summed E-state index contributed by atoms with van der Waals surface area (Å²) in [5, 5.41) is 3.25. The SMILES string of the molecule is Cc1cc(C)nc(N2CCC(C(=O)NC(c3nc4ccccc4[nH]3)C(C)C)CC2)n1. The maximum Gasteiger partial charge on any atom is 0.225 e. The van der Waals surface area contributed by atoms with Crippen molar-refractivity contribution in [2.75, 3.05) is 18.0 Å². The lowest BCUT2D eigenvalue weighted by Gasteiger charge is -2.32. The fourth-order valence-electron chi connectivity index (χ4n) is 4.13. The average molecular weight is 407 g/mol. The number of para-hydroxylation sites is 2. The van der Waals surface area contributed by atoms with Crippen LogP contribution >= 0.6 is 0 Å². The predicted molar refractivity (Wildman–Crippen MR) is 118 cm³/mol. The number of hydrogen-bond acceptors (Lipinski definition) is 5. The van der Waals surface area contributed by atoms with Crippen molar-refractivity contribution in [3.8, 4) is 0 Å². The average Bonchev–Trinajstić information content (AvgIpc) is 3.14. The van der Waals surface area contributed by atoms with E-state index in [-0.39, 0.29) is 23.8 Å². The Bertz CT molecular complexity index is 982. The van der Waals surface area contributed by atoms with E-state index in [9.17, 15) is 4.79 Å². The molecule has 1 atom stereocenters. The number of carbonyl (C=O) groups is 1. The van der Waals surface area contributed by atoms with Crippen LogP contribution in [0.15, 0.2) is 30.3 Å². The van der Waals surface area contributed by atoms with Gasteiger partial charge in [0.15, 0.2) is 0 Å². The topological polar surface area (TPSA) is 86.8 Å². The van der Waals surface area contributed by atoms with Gasteiger partial charge in [0.1, 0.15) is 5.82 Å². The molecule has 1 amide bonds. The van der Waals surface area contributed by atoms with E-state index in [1.54, 1.807) is 0 Å². The molecule has 7 heteroatoms. The molecule has 158 valence electrons. The summed E-state index contributed by atoms with van der Waals surface area (Å²) < 4.78 is 0. The molecule has 0 saturated carbocycles. The minimum atomic E-state index is -0.134. The summed E-state index contributed by atoms with van der Waals surface area (Å²) in [5.74, 6) is 1.93. The smallest absolute Gasteiger partial charge is 0.225 e. The summed E-state index contributed by atoms with van der Waals surface area (Å²) in [6, 6.07) is 9.80. The van der Waals surface area contributed by atoms with Crippen LogP contribution in [-0.2, 0) is 4.79 Å². The van der Waals surface area contributed by atoms with E-state index in [1.807, 2.05) is 44.2 Å². The Morgan fingerprint density at radius 1 is 1.10 bits per heavy atom. The van der Waals surface area contributed by atoms with Gasteiger partial charge in [-0.1, -0.05) is 26.0 Å². The number of carbonyl (C=O) groups excluding carboxylic acids is 1. The number of nitrogens with one attached hydrogen (secondary N) is 2. The Morgan fingerprint density at radius 2 is 1.77 bits per heavy atom. The first-order chi connectivity index (χ1) is 14.4. The van der Waals surface area contributed by atoms with Crippen LogP contribution in [0.4, 0.5) is 5.95 Å². The Balaban J connectivity index is 1.41. The fraction of sp³-hybridized carbons (Fsp3) is 0.478. The van der Waals surface area contributed by atoms with Crippen LogP contribution in [0.25, 0.3) is 11.0 Å². The van der Waals surface area contributed by atoms with Crippen molar-refractivity contribution in [1.82, 2.24) is 25.3 Å². The van der Waals surface area contributed by atoms with Gasteiger partial charge in [0.25, 0.3) is 0 Å². The van der Waals surface area contributed by atoms with E-state index in [2.05, 4.69) is 39.0 Å². The van der Waals surface area contributed by atoms with Crippen LogP contribution in [-0.4, -0.2) is 38.9 Å². The summed E-state index contributed by atoms with van der Waals surface area (Å²) in [4.78, 5) is 32.4. The largest absolute Gasteiger partial charge is 0.346 e. The van der Waals surface area contributed by atoms with E-state index in [4.69, 9.17) is 4.98 Å². The van der Waals surface area contributed by atoms with Gasteiger partial charge in [-0.3, -0.25) is 4.79 Å². The standard InChI is InChI=1S/C23H30N6O/c1-14(2)20(21-26-18-7-5-6-8-19(18)27-21)28-22(30)17-9-11-29(12-10-17)23-24-15(3)13-16(4)25-23/h5-8,13-14,17,20H,9-12H2,1-4H3,(H,26,27)(H,28,30). The second-order valence-electron chi connectivity index (χ2n) is 8.58. The van der Waals surface area contributed by atoms with Crippen molar-refractivity contribution in [1.29, 1.82) is 0 Å². The number of piperidine rings is 1. The van der Waals surface area contributed by atoms with Gasteiger partial charge in [-0.2, -0.15) is 0 Å². The van der Waals surface area contributed by atoms with Gasteiger partial charge in [-0.05, 0) is 50.8 Å². The number of aromatic amines is 1. The van der Waals surface area contributed by atoms with Gasteiger partial charge in [0.2, 0.25) is 11.9 Å². The number of rotatable bonds is 5. The van der Waals surface area contributed by atoms with E-state index in [0.717, 1.165) is 60.1 Å². The lowest BCUT2D eigenvalue weighted by Crippen LogP contribution is -2.43.